The zero-order valence-electron chi connectivity index (χ0n) is 11.8. The van der Waals surface area contributed by atoms with Gasteiger partial charge in [0, 0.05) is 12.0 Å². The molecule has 0 spiro atoms. The van der Waals surface area contributed by atoms with Crippen molar-refractivity contribution in [2.24, 2.45) is 0 Å². The molecule has 2 rings (SSSR count). The van der Waals surface area contributed by atoms with Gasteiger partial charge in [0.2, 0.25) is 0 Å². The molecular weight excluding hydrogens is 277 g/mol. The van der Waals surface area contributed by atoms with E-state index in [1.165, 1.54) is 12.1 Å². The van der Waals surface area contributed by atoms with Gasteiger partial charge in [0.05, 0.1) is 5.56 Å². The Balaban J connectivity index is 2.18. The van der Waals surface area contributed by atoms with Gasteiger partial charge < -0.3 is 0 Å². The first-order valence-corrected chi connectivity index (χ1v) is 6.54. The zero-order valence-corrected chi connectivity index (χ0v) is 11.8. The van der Waals surface area contributed by atoms with E-state index in [1.807, 2.05) is 26.0 Å². The molecule has 0 saturated carbocycles. The smallest absolute Gasteiger partial charge is 0.294 e. The molecule has 2 aromatic carbocycles. The van der Waals surface area contributed by atoms with Gasteiger partial charge in [0.15, 0.2) is 5.78 Å². The van der Waals surface area contributed by atoms with Crippen LogP contribution >= 0.6 is 0 Å². The van der Waals surface area contributed by atoms with Crippen LogP contribution in [-0.2, 0) is 12.6 Å². The number of rotatable bonds is 3. The molecule has 2 aromatic rings. The maximum Gasteiger partial charge on any atom is 0.416 e. The van der Waals surface area contributed by atoms with Crippen molar-refractivity contribution in [3.05, 3.63) is 70.3 Å². The summed E-state index contributed by atoms with van der Waals surface area (Å²) in [5, 5.41) is 0. The van der Waals surface area contributed by atoms with Gasteiger partial charge in [-0.2, -0.15) is 13.2 Å². The summed E-state index contributed by atoms with van der Waals surface area (Å²) in [4.78, 5) is 12.2. The van der Waals surface area contributed by atoms with E-state index in [0.29, 0.717) is 11.1 Å². The number of alkyl halides is 3. The Hall–Kier alpha value is -2.10. The lowest BCUT2D eigenvalue weighted by molar-refractivity contribution is -0.137. The zero-order chi connectivity index (χ0) is 15.6. The van der Waals surface area contributed by atoms with Crippen LogP contribution in [0.1, 0.15) is 32.6 Å². The minimum atomic E-state index is -4.35. The Morgan fingerprint density at radius 2 is 1.62 bits per heavy atom. The standard InChI is InChI=1S/C17H15F3O/c1-11-4-3-5-15(12(11)2)16(21)10-13-6-8-14(9-7-13)17(18,19)20/h3-9H,10H2,1-2H3. The maximum absolute atomic E-state index is 12.5. The van der Waals surface area contributed by atoms with Gasteiger partial charge in [0.25, 0.3) is 0 Å². The number of Topliss-reactive ketones (excluding diaryl/α,β-unsaturated/α-hetero) is 1. The van der Waals surface area contributed by atoms with Gasteiger partial charge in [-0.1, -0.05) is 30.3 Å². The van der Waals surface area contributed by atoms with Gasteiger partial charge in [0.1, 0.15) is 0 Å². The Labute approximate surface area is 121 Å². The Morgan fingerprint density at radius 1 is 1.00 bits per heavy atom. The average Bonchev–Trinajstić information content (AvgIpc) is 2.41. The van der Waals surface area contributed by atoms with E-state index in [0.717, 1.165) is 23.3 Å². The molecular formula is C17H15F3O. The first kappa shape index (κ1) is 15.3. The van der Waals surface area contributed by atoms with E-state index < -0.39 is 11.7 Å². The van der Waals surface area contributed by atoms with Crippen LogP contribution in [-0.4, -0.2) is 5.78 Å². The van der Waals surface area contributed by atoms with E-state index in [4.69, 9.17) is 0 Å². The van der Waals surface area contributed by atoms with E-state index in [1.54, 1.807) is 6.07 Å². The highest BCUT2D eigenvalue weighted by molar-refractivity contribution is 5.99. The van der Waals surface area contributed by atoms with Crippen LogP contribution in [0.5, 0.6) is 0 Å². The summed E-state index contributed by atoms with van der Waals surface area (Å²) in [5.41, 5.74) is 2.43. The predicted octanol–water partition coefficient (Wildman–Crippen LogP) is 4.75. The molecule has 4 heteroatoms. The minimum Gasteiger partial charge on any atom is -0.294 e. The van der Waals surface area contributed by atoms with Crippen LogP contribution in [0.3, 0.4) is 0 Å². The third-order valence-corrected chi connectivity index (χ3v) is 3.55. The first-order chi connectivity index (χ1) is 9.79. The number of hydrogen-bond donors (Lipinski definition) is 0. The molecule has 0 aliphatic rings. The number of benzene rings is 2. The van der Waals surface area contributed by atoms with Crippen LogP contribution in [0, 0.1) is 13.8 Å². The fourth-order valence-corrected chi connectivity index (χ4v) is 2.15. The fraction of sp³-hybridized carbons (Fsp3) is 0.235. The van der Waals surface area contributed by atoms with Crippen molar-refractivity contribution < 1.29 is 18.0 Å². The molecule has 0 bridgehead atoms. The van der Waals surface area contributed by atoms with Crippen molar-refractivity contribution in [3.63, 3.8) is 0 Å². The summed E-state index contributed by atoms with van der Waals surface area (Å²) in [5.74, 6) is -0.0871. The second kappa shape index (κ2) is 5.72. The normalized spacial score (nSPS) is 11.5. The highest BCUT2D eigenvalue weighted by Crippen LogP contribution is 2.29. The highest BCUT2D eigenvalue weighted by atomic mass is 19.4. The molecule has 0 amide bonds. The number of halogens is 3. The molecule has 0 N–H and O–H groups in total. The summed E-state index contributed by atoms with van der Waals surface area (Å²) < 4.78 is 37.4. The van der Waals surface area contributed by atoms with Gasteiger partial charge in [-0.05, 0) is 42.7 Å². The second-order valence-electron chi connectivity index (χ2n) is 5.04. The average molecular weight is 292 g/mol. The van der Waals surface area contributed by atoms with Crippen LogP contribution in [0.4, 0.5) is 13.2 Å². The molecule has 0 aliphatic carbocycles. The first-order valence-electron chi connectivity index (χ1n) is 6.54. The third kappa shape index (κ3) is 3.51. The quantitative estimate of drug-likeness (QED) is 0.746. The maximum atomic E-state index is 12.5. The molecule has 0 radical (unpaired) electrons. The molecule has 0 saturated heterocycles. The molecule has 1 nitrogen and oxygen atoms in total. The van der Waals surface area contributed by atoms with Gasteiger partial charge in [-0.25, -0.2) is 0 Å². The molecule has 0 fully saturated rings. The number of carbonyl (C=O) groups excluding carboxylic acids is 1. The van der Waals surface area contributed by atoms with Crippen LogP contribution in [0.15, 0.2) is 42.5 Å². The summed E-state index contributed by atoms with van der Waals surface area (Å²) in [6, 6.07) is 10.2. The van der Waals surface area contributed by atoms with E-state index >= 15 is 0 Å². The molecule has 0 unspecified atom stereocenters. The third-order valence-electron chi connectivity index (χ3n) is 3.55. The van der Waals surface area contributed by atoms with Crippen LogP contribution in [0.25, 0.3) is 0 Å². The van der Waals surface area contributed by atoms with Crippen LogP contribution < -0.4 is 0 Å². The van der Waals surface area contributed by atoms with Crippen molar-refractivity contribution >= 4 is 5.78 Å². The fourth-order valence-electron chi connectivity index (χ4n) is 2.15. The number of hydrogen-bond acceptors (Lipinski definition) is 1. The summed E-state index contributed by atoms with van der Waals surface area (Å²) in [6.45, 7) is 3.79. The monoisotopic (exact) mass is 292 g/mol. The SMILES string of the molecule is Cc1cccc(C(=O)Cc2ccc(C(F)(F)F)cc2)c1C. The molecule has 110 valence electrons. The van der Waals surface area contributed by atoms with Crippen molar-refractivity contribution in [2.45, 2.75) is 26.4 Å². The van der Waals surface area contributed by atoms with Gasteiger partial charge >= 0.3 is 6.18 Å². The summed E-state index contributed by atoms with van der Waals surface area (Å²) >= 11 is 0. The second-order valence-corrected chi connectivity index (χ2v) is 5.04. The van der Waals surface area contributed by atoms with Gasteiger partial charge in [-0.15, -0.1) is 0 Å². The van der Waals surface area contributed by atoms with E-state index in [9.17, 15) is 18.0 Å². The van der Waals surface area contributed by atoms with E-state index in [2.05, 4.69) is 0 Å². The van der Waals surface area contributed by atoms with Crippen molar-refractivity contribution in [2.75, 3.05) is 0 Å². The molecule has 0 aliphatic heterocycles. The van der Waals surface area contributed by atoms with Crippen LogP contribution in [0.2, 0.25) is 0 Å². The lowest BCUT2D eigenvalue weighted by Crippen LogP contribution is -2.08. The van der Waals surface area contributed by atoms with Crippen molar-refractivity contribution in [1.82, 2.24) is 0 Å². The highest BCUT2D eigenvalue weighted by Gasteiger charge is 2.30. The minimum absolute atomic E-state index is 0.0871. The lowest BCUT2D eigenvalue weighted by Gasteiger charge is -2.09. The van der Waals surface area contributed by atoms with Gasteiger partial charge in [-0.3, -0.25) is 4.79 Å². The van der Waals surface area contributed by atoms with Crippen molar-refractivity contribution in [3.8, 4) is 0 Å². The Bertz CT molecular complexity index is 655. The molecule has 21 heavy (non-hydrogen) atoms. The number of ketones is 1. The predicted molar refractivity (Wildman–Crippen MR) is 75.4 cm³/mol. The topological polar surface area (TPSA) is 17.1 Å². The molecule has 0 atom stereocenters. The van der Waals surface area contributed by atoms with E-state index in [-0.39, 0.29) is 12.2 Å². The lowest BCUT2D eigenvalue weighted by atomic mass is 9.96. The summed E-state index contributed by atoms with van der Waals surface area (Å²) in [6.07, 6.45) is -4.25. The summed E-state index contributed by atoms with van der Waals surface area (Å²) in [7, 11) is 0. The largest absolute Gasteiger partial charge is 0.416 e. The Morgan fingerprint density at radius 3 is 2.19 bits per heavy atom. The Kier molecular flexibility index (Phi) is 4.16. The number of aryl methyl sites for hydroxylation is 1. The number of carbonyl (C=O) groups is 1. The molecule has 0 heterocycles. The molecule has 0 aromatic heterocycles. The van der Waals surface area contributed by atoms with Crippen molar-refractivity contribution in [1.29, 1.82) is 0 Å².